The number of rotatable bonds is 3. The summed E-state index contributed by atoms with van der Waals surface area (Å²) in [5.74, 6) is 0. The molecule has 5 nitrogen and oxygen atoms in total. The molecule has 100 valence electrons. The molecule has 0 spiro atoms. The first-order chi connectivity index (χ1) is 9.67. The summed E-state index contributed by atoms with van der Waals surface area (Å²) in [5.41, 5.74) is 2.92. The lowest BCUT2D eigenvalue weighted by molar-refractivity contribution is -0.384. The number of hydrogen-bond donors (Lipinski definition) is 1. The van der Waals surface area contributed by atoms with Crippen molar-refractivity contribution in [3.63, 3.8) is 0 Å². The number of fused-ring (bicyclic) bond motifs is 1. The normalized spacial score (nSPS) is 10.7. The number of anilines is 1. The van der Waals surface area contributed by atoms with E-state index in [4.69, 9.17) is 0 Å². The summed E-state index contributed by atoms with van der Waals surface area (Å²) in [6.07, 6.45) is 0. The lowest BCUT2D eigenvalue weighted by Gasteiger charge is -2.00. The Balaban J connectivity index is 2.05. The van der Waals surface area contributed by atoms with Crippen LogP contribution in [0, 0.1) is 10.1 Å². The number of hydrogen-bond acceptors (Lipinski definition) is 5. The van der Waals surface area contributed by atoms with Crippen LogP contribution in [-0.4, -0.2) is 17.0 Å². The molecule has 3 aromatic rings. The fourth-order valence-corrected chi connectivity index (χ4v) is 2.93. The molecule has 6 heteroatoms. The average Bonchev–Trinajstić information content (AvgIpc) is 2.90. The Morgan fingerprint density at radius 3 is 2.60 bits per heavy atom. The number of nitro benzene ring substituents is 1. The zero-order chi connectivity index (χ0) is 14.1. The van der Waals surface area contributed by atoms with Gasteiger partial charge in [0.2, 0.25) is 0 Å². The second-order valence-corrected chi connectivity index (χ2v) is 5.29. The fraction of sp³-hybridized carbons (Fsp3) is 0.0714. The highest BCUT2D eigenvalue weighted by Gasteiger charge is 2.11. The molecule has 0 radical (unpaired) electrons. The fourth-order valence-electron chi connectivity index (χ4n) is 1.93. The zero-order valence-corrected chi connectivity index (χ0v) is 11.5. The van der Waals surface area contributed by atoms with Crippen LogP contribution in [0.2, 0.25) is 0 Å². The van der Waals surface area contributed by atoms with Gasteiger partial charge in [-0.3, -0.25) is 10.1 Å². The Hall–Kier alpha value is -2.47. The van der Waals surface area contributed by atoms with Crippen molar-refractivity contribution in [2.24, 2.45) is 0 Å². The largest absolute Gasteiger partial charge is 0.388 e. The van der Waals surface area contributed by atoms with Crippen molar-refractivity contribution < 1.29 is 4.92 Å². The van der Waals surface area contributed by atoms with Crippen LogP contribution in [0.25, 0.3) is 20.8 Å². The van der Waals surface area contributed by atoms with Gasteiger partial charge in [-0.2, -0.15) is 0 Å². The summed E-state index contributed by atoms with van der Waals surface area (Å²) < 4.78 is 0.826. The highest BCUT2D eigenvalue weighted by atomic mass is 32.1. The maximum Gasteiger partial charge on any atom is 0.270 e. The predicted octanol–water partition coefficient (Wildman–Crippen LogP) is 3.91. The van der Waals surface area contributed by atoms with Gasteiger partial charge < -0.3 is 5.32 Å². The lowest BCUT2D eigenvalue weighted by Crippen LogP contribution is -1.86. The number of nitrogens with one attached hydrogen (secondary N) is 1. The van der Waals surface area contributed by atoms with Gasteiger partial charge in [0.1, 0.15) is 5.01 Å². The van der Waals surface area contributed by atoms with Crippen LogP contribution in [0.3, 0.4) is 0 Å². The van der Waals surface area contributed by atoms with Gasteiger partial charge in [0.25, 0.3) is 5.69 Å². The molecule has 0 saturated heterocycles. The Morgan fingerprint density at radius 1 is 1.20 bits per heavy atom. The van der Waals surface area contributed by atoms with Gasteiger partial charge in [-0.05, 0) is 30.3 Å². The first-order valence-electron chi connectivity index (χ1n) is 6.00. The number of thiazole rings is 1. The molecule has 0 fully saturated rings. The Kier molecular flexibility index (Phi) is 3.08. The van der Waals surface area contributed by atoms with E-state index in [0.29, 0.717) is 0 Å². The van der Waals surface area contributed by atoms with Gasteiger partial charge in [0.05, 0.1) is 15.1 Å². The van der Waals surface area contributed by atoms with Gasteiger partial charge >= 0.3 is 0 Å². The van der Waals surface area contributed by atoms with Crippen molar-refractivity contribution in [1.29, 1.82) is 0 Å². The second kappa shape index (κ2) is 4.90. The molecule has 0 aliphatic heterocycles. The molecular weight excluding hydrogens is 274 g/mol. The molecule has 0 aliphatic rings. The van der Waals surface area contributed by atoms with Gasteiger partial charge in [-0.15, -0.1) is 11.3 Å². The van der Waals surface area contributed by atoms with Crippen LogP contribution in [0.15, 0.2) is 42.5 Å². The van der Waals surface area contributed by atoms with Crippen LogP contribution < -0.4 is 5.32 Å². The minimum Gasteiger partial charge on any atom is -0.388 e. The number of aromatic nitrogens is 1. The number of nitrogens with zero attached hydrogens (tertiary/aromatic N) is 2. The van der Waals surface area contributed by atoms with Crippen LogP contribution in [0.1, 0.15) is 0 Å². The number of non-ortho nitro benzene ring substituents is 1. The van der Waals surface area contributed by atoms with Crippen molar-refractivity contribution in [1.82, 2.24) is 4.98 Å². The monoisotopic (exact) mass is 285 g/mol. The minimum atomic E-state index is -0.388. The van der Waals surface area contributed by atoms with E-state index in [1.807, 2.05) is 31.3 Å². The summed E-state index contributed by atoms with van der Waals surface area (Å²) in [5, 5.41) is 14.7. The minimum absolute atomic E-state index is 0.0956. The van der Waals surface area contributed by atoms with E-state index >= 15 is 0 Å². The Labute approximate surface area is 119 Å². The first-order valence-corrected chi connectivity index (χ1v) is 6.82. The standard InChI is InChI=1S/C14H11N3O2S/c1-15-10-4-2-9(3-5-10)14-16-12-7-6-11(17(18)19)8-13(12)20-14/h2-8,15H,1H3. The van der Waals surface area contributed by atoms with Crippen LogP contribution in [-0.2, 0) is 0 Å². The van der Waals surface area contributed by atoms with Gasteiger partial charge in [0, 0.05) is 30.4 Å². The molecule has 0 atom stereocenters. The molecule has 0 aliphatic carbocycles. The van der Waals surface area contributed by atoms with Crippen molar-refractivity contribution in [3.05, 3.63) is 52.6 Å². The van der Waals surface area contributed by atoms with Crippen LogP contribution in [0.5, 0.6) is 0 Å². The van der Waals surface area contributed by atoms with Crippen molar-refractivity contribution >= 4 is 32.9 Å². The molecule has 20 heavy (non-hydrogen) atoms. The Bertz CT molecular complexity index is 781. The third kappa shape index (κ3) is 2.21. The summed E-state index contributed by atoms with van der Waals surface area (Å²) in [6.45, 7) is 0. The zero-order valence-electron chi connectivity index (χ0n) is 10.7. The van der Waals surface area contributed by atoms with E-state index < -0.39 is 0 Å². The van der Waals surface area contributed by atoms with E-state index in [2.05, 4.69) is 10.3 Å². The second-order valence-electron chi connectivity index (χ2n) is 4.26. The molecule has 1 N–H and O–H groups in total. The molecule has 0 saturated carbocycles. The lowest BCUT2D eigenvalue weighted by atomic mass is 10.2. The van der Waals surface area contributed by atoms with E-state index in [0.717, 1.165) is 26.5 Å². The smallest absolute Gasteiger partial charge is 0.270 e. The topological polar surface area (TPSA) is 68.1 Å². The van der Waals surface area contributed by atoms with E-state index in [1.165, 1.54) is 17.4 Å². The molecule has 2 aromatic carbocycles. The average molecular weight is 285 g/mol. The van der Waals surface area contributed by atoms with Crippen molar-refractivity contribution in [2.75, 3.05) is 12.4 Å². The first kappa shape index (κ1) is 12.6. The van der Waals surface area contributed by atoms with Gasteiger partial charge in [0.15, 0.2) is 0 Å². The quantitative estimate of drug-likeness (QED) is 0.585. The van der Waals surface area contributed by atoms with Crippen LogP contribution >= 0.6 is 11.3 Å². The van der Waals surface area contributed by atoms with E-state index in [-0.39, 0.29) is 10.6 Å². The molecule has 3 rings (SSSR count). The summed E-state index contributed by atoms with van der Waals surface area (Å²) >= 11 is 1.46. The molecule has 0 amide bonds. The van der Waals surface area contributed by atoms with E-state index in [1.54, 1.807) is 12.1 Å². The molecule has 1 heterocycles. The highest BCUT2D eigenvalue weighted by molar-refractivity contribution is 7.21. The molecule has 0 unspecified atom stereocenters. The predicted molar refractivity (Wildman–Crippen MR) is 81.3 cm³/mol. The van der Waals surface area contributed by atoms with Gasteiger partial charge in [-0.1, -0.05) is 0 Å². The van der Waals surface area contributed by atoms with E-state index in [9.17, 15) is 10.1 Å². The SMILES string of the molecule is CNc1ccc(-c2nc3ccc([N+](=O)[O-])cc3s2)cc1. The maximum atomic E-state index is 10.8. The summed E-state index contributed by atoms with van der Waals surface area (Å²) in [6, 6.07) is 12.7. The molecule has 0 bridgehead atoms. The summed E-state index contributed by atoms with van der Waals surface area (Å²) in [7, 11) is 1.87. The third-order valence-electron chi connectivity index (χ3n) is 3.00. The van der Waals surface area contributed by atoms with Crippen molar-refractivity contribution in [3.8, 4) is 10.6 Å². The van der Waals surface area contributed by atoms with Gasteiger partial charge in [-0.25, -0.2) is 4.98 Å². The summed E-state index contributed by atoms with van der Waals surface area (Å²) in [4.78, 5) is 14.9. The van der Waals surface area contributed by atoms with Crippen LogP contribution in [0.4, 0.5) is 11.4 Å². The maximum absolute atomic E-state index is 10.8. The molecule has 1 aromatic heterocycles. The van der Waals surface area contributed by atoms with Crippen molar-refractivity contribution in [2.45, 2.75) is 0 Å². The third-order valence-corrected chi connectivity index (χ3v) is 4.07. The number of benzene rings is 2. The highest BCUT2D eigenvalue weighted by Crippen LogP contribution is 2.32. The Morgan fingerprint density at radius 2 is 1.95 bits per heavy atom. The number of nitro groups is 1. The molecular formula is C14H11N3O2S.